The lowest BCUT2D eigenvalue weighted by Crippen LogP contribution is -2.31. The number of carboxylic acids is 1. The second kappa shape index (κ2) is 47.8. The molecule has 0 saturated heterocycles. The highest BCUT2D eigenvalue weighted by Crippen LogP contribution is 2.17. The molecule has 1 atom stereocenters. The van der Waals surface area contributed by atoms with Crippen molar-refractivity contribution in [2.45, 2.75) is 296 Å². The first-order valence-corrected chi connectivity index (χ1v) is 25.7. The van der Waals surface area contributed by atoms with Crippen LogP contribution < -0.4 is 0 Å². The Morgan fingerprint density at radius 1 is 0.414 bits per heavy atom. The van der Waals surface area contributed by atoms with E-state index < -0.39 is 30.4 Å². The molecule has 0 aromatic heterocycles. The molecule has 0 heterocycles. The summed E-state index contributed by atoms with van der Waals surface area (Å²) >= 11 is 0. The number of unbranched alkanes of at least 4 members (excludes halogenated alkanes) is 38. The van der Waals surface area contributed by atoms with Gasteiger partial charge in [0.15, 0.2) is 0 Å². The Morgan fingerprint density at radius 2 is 0.707 bits per heavy atom. The zero-order chi connectivity index (χ0) is 42.3. The zero-order valence-corrected chi connectivity index (χ0v) is 38.8. The van der Waals surface area contributed by atoms with Crippen LogP contribution in [0.5, 0.6) is 0 Å². The van der Waals surface area contributed by atoms with Gasteiger partial charge in [-0.15, -0.1) is 0 Å². The lowest BCUT2D eigenvalue weighted by molar-refractivity contribution is -0.171. The summed E-state index contributed by atoms with van der Waals surface area (Å²) in [5.41, 5.74) is 0. The normalized spacial score (nSPS) is 12.0. The van der Waals surface area contributed by atoms with Gasteiger partial charge in [0.05, 0.1) is 13.0 Å². The number of carbonyl (C=O) groups excluding carboxylic acids is 2. The van der Waals surface area contributed by atoms with Crippen LogP contribution in [-0.2, 0) is 23.9 Å². The van der Waals surface area contributed by atoms with E-state index in [9.17, 15) is 19.5 Å². The Kier molecular flexibility index (Phi) is 46.3. The summed E-state index contributed by atoms with van der Waals surface area (Å²) in [6, 6.07) is 0. The molecule has 0 bridgehead atoms. The molecule has 0 aliphatic heterocycles. The minimum absolute atomic E-state index is 0.207. The lowest BCUT2D eigenvalue weighted by atomic mass is 10.0. The molecule has 0 spiro atoms. The molecule has 0 rings (SSSR count). The van der Waals surface area contributed by atoms with Gasteiger partial charge >= 0.3 is 17.9 Å². The van der Waals surface area contributed by atoms with E-state index >= 15 is 0 Å². The van der Waals surface area contributed by atoms with Crippen molar-refractivity contribution in [1.82, 2.24) is 0 Å². The maximum absolute atomic E-state index is 12.5. The molecule has 58 heavy (non-hydrogen) atoms. The average molecular weight is 819 g/mol. The van der Waals surface area contributed by atoms with E-state index in [1.54, 1.807) is 0 Å². The second-order valence-electron chi connectivity index (χ2n) is 17.6. The number of rotatable bonds is 48. The number of hydrogen-bond donors (Lipinski definition) is 1. The molecule has 0 amide bonds. The Hall–Kier alpha value is -1.85. The molecular weight excluding hydrogens is 721 g/mol. The number of aliphatic carboxylic acids is 1. The minimum Gasteiger partial charge on any atom is -0.481 e. The molecule has 1 unspecified atom stereocenters. The molecule has 0 aromatic rings. The number of esters is 2. The van der Waals surface area contributed by atoms with Gasteiger partial charge in [-0.05, 0) is 38.5 Å². The van der Waals surface area contributed by atoms with Crippen molar-refractivity contribution in [3.05, 3.63) is 12.2 Å². The summed E-state index contributed by atoms with van der Waals surface area (Å²) in [4.78, 5) is 36.1. The molecule has 6 heteroatoms. The number of carbonyl (C=O) groups is 3. The van der Waals surface area contributed by atoms with Gasteiger partial charge in [-0.3, -0.25) is 9.59 Å². The highest BCUT2D eigenvalue weighted by Gasteiger charge is 2.27. The average Bonchev–Trinajstić information content (AvgIpc) is 3.21. The molecule has 1 N–H and O–H groups in total. The van der Waals surface area contributed by atoms with Crippen LogP contribution >= 0.6 is 0 Å². The highest BCUT2D eigenvalue weighted by molar-refractivity contribution is 5.83. The molecule has 0 radical (unpaired) electrons. The molecular formula is C52H98O6. The molecule has 6 nitrogen and oxygen atoms in total. The maximum atomic E-state index is 12.5. The summed E-state index contributed by atoms with van der Waals surface area (Å²) in [6.45, 7) is 4.76. The van der Waals surface area contributed by atoms with E-state index in [0.29, 0.717) is 6.42 Å². The first-order chi connectivity index (χ1) is 28.5. The van der Waals surface area contributed by atoms with Crippen LogP contribution in [-0.4, -0.2) is 35.7 Å². The van der Waals surface area contributed by atoms with Gasteiger partial charge in [0.2, 0.25) is 6.10 Å². The highest BCUT2D eigenvalue weighted by atomic mass is 16.6. The van der Waals surface area contributed by atoms with Crippen molar-refractivity contribution < 1.29 is 29.0 Å². The first-order valence-electron chi connectivity index (χ1n) is 25.7. The van der Waals surface area contributed by atoms with Gasteiger partial charge < -0.3 is 14.6 Å². The molecule has 0 aliphatic carbocycles. The van der Waals surface area contributed by atoms with E-state index in [0.717, 1.165) is 32.1 Å². The van der Waals surface area contributed by atoms with Crippen molar-refractivity contribution in [2.24, 2.45) is 0 Å². The van der Waals surface area contributed by atoms with Crippen molar-refractivity contribution in [1.29, 1.82) is 0 Å². The van der Waals surface area contributed by atoms with Crippen LogP contribution in [0, 0.1) is 0 Å². The van der Waals surface area contributed by atoms with Crippen molar-refractivity contribution in [3.8, 4) is 0 Å². The minimum atomic E-state index is -1.36. The summed E-state index contributed by atoms with van der Waals surface area (Å²) in [5.74, 6) is -2.43. The monoisotopic (exact) mass is 819 g/mol. The van der Waals surface area contributed by atoms with Crippen molar-refractivity contribution in [2.75, 3.05) is 6.61 Å². The molecule has 0 aromatic carbocycles. The number of hydrogen-bond acceptors (Lipinski definition) is 5. The molecule has 342 valence electrons. The van der Waals surface area contributed by atoms with Crippen LogP contribution in [0.3, 0.4) is 0 Å². The Labute approximate surface area is 360 Å². The Morgan fingerprint density at radius 3 is 1.03 bits per heavy atom. The largest absolute Gasteiger partial charge is 0.481 e. The quantitative estimate of drug-likeness (QED) is 0.0374. The molecule has 0 aliphatic rings. The van der Waals surface area contributed by atoms with Gasteiger partial charge in [0, 0.05) is 6.42 Å². The maximum Gasteiger partial charge on any atom is 0.348 e. The number of allylic oxidation sites excluding steroid dienone is 2. The van der Waals surface area contributed by atoms with Gasteiger partial charge in [-0.25, -0.2) is 4.79 Å². The predicted molar refractivity (Wildman–Crippen MR) is 247 cm³/mol. The fourth-order valence-electron chi connectivity index (χ4n) is 7.93. The predicted octanol–water partition coefficient (Wildman–Crippen LogP) is 16.9. The lowest BCUT2D eigenvalue weighted by Gasteiger charge is -2.15. The first kappa shape index (κ1) is 56.1. The van der Waals surface area contributed by atoms with Gasteiger partial charge in [-0.2, -0.15) is 0 Å². The summed E-state index contributed by atoms with van der Waals surface area (Å²) in [7, 11) is 0. The van der Waals surface area contributed by atoms with Gasteiger partial charge in [0.1, 0.15) is 0 Å². The van der Waals surface area contributed by atoms with Crippen LogP contribution in [0.25, 0.3) is 0 Å². The third kappa shape index (κ3) is 45.2. The smallest absolute Gasteiger partial charge is 0.348 e. The summed E-state index contributed by atoms with van der Waals surface area (Å²) < 4.78 is 10.5. The van der Waals surface area contributed by atoms with Gasteiger partial charge in [-0.1, -0.05) is 251 Å². The van der Waals surface area contributed by atoms with Crippen LogP contribution in [0.4, 0.5) is 0 Å². The Bertz CT molecular complexity index is 900. The van der Waals surface area contributed by atoms with E-state index in [1.807, 2.05) is 0 Å². The summed E-state index contributed by atoms with van der Waals surface area (Å²) in [5, 5.41) is 9.22. The number of ether oxygens (including phenoxy) is 2. The van der Waals surface area contributed by atoms with Crippen LogP contribution in [0.2, 0.25) is 0 Å². The van der Waals surface area contributed by atoms with E-state index in [-0.39, 0.29) is 13.0 Å². The van der Waals surface area contributed by atoms with Crippen LogP contribution in [0.15, 0.2) is 12.2 Å². The zero-order valence-electron chi connectivity index (χ0n) is 38.8. The standard InChI is InChI=1S/C52H98O6/c1-3-5-7-9-11-13-15-16-17-18-19-20-21-22-23-24-25-26-27-28-29-30-31-32-33-34-35-37-39-41-43-45-47-57-52(56)49(48-50(53)54)58-51(55)46-44-42-40-38-36-14-12-10-8-6-4-2/h16-17,49H,3-15,18-48H2,1-2H3,(H,53,54). The molecule has 0 saturated carbocycles. The van der Waals surface area contributed by atoms with E-state index in [4.69, 9.17) is 9.47 Å². The Balaban J connectivity index is 3.50. The van der Waals surface area contributed by atoms with Crippen molar-refractivity contribution in [3.63, 3.8) is 0 Å². The van der Waals surface area contributed by atoms with Crippen LogP contribution in [0.1, 0.15) is 290 Å². The van der Waals surface area contributed by atoms with E-state index in [2.05, 4.69) is 26.0 Å². The van der Waals surface area contributed by atoms with E-state index in [1.165, 1.54) is 225 Å². The topological polar surface area (TPSA) is 89.9 Å². The third-order valence-corrected chi connectivity index (χ3v) is 11.8. The second-order valence-corrected chi connectivity index (χ2v) is 17.6. The summed E-state index contributed by atoms with van der Waals surface area (Å²) in [6.07, 6.45) is 56.2. The fourth-order valence-corrected chi connectivity index (χ4v) is 7.93. The molecule has 0 fully saturated rings. The SMILES string of the molecule is CCCCCCCCC=CCCCCCCCCCCCCCCCCCCCCCCCCOC(=O)C(CC(=O)O)OC(=O)CCCCCCCCCCCCC. The van der Waals surface area contributed by atoms with Gasteiger partial charge in [0.25, 0.3) is 0 Å². The number of carboxylic acid groups (broad SMARTS) is 1. The third-order valence-electron chi connectivity index (χ3n) is 11.8. The van der Waals surface area contributed by atoms with Crippen molar-refractivity contribution >= 4 is 17.9 Å². The fraction of sp³-hybridized carbons (Fsp3) is 0.904.